The normalized spacial score (nSPS) is 12.1. The van der Waals surface area contributed by atoms with Gasteiger partial charge in [-0.25, -0.2) is 15.0 Å². The largest absolute Gasteiger partial charge is 0.208 e. The molecule has 0 aliphatic rings. The van der Waals surface area contributed by atoms with Crippen LogP contribution in [0.25, 0.3) is 130 Å². The topological polar surface area (TPSA) is 38.7 Å². The summed E-state index contributed by atoms with van der Waals surface area (Å²) >= 11 is 1.80. The number of nitrogens with zero attached hydrogens (tertiary/aromatic N) is 3. The molecule has 0 amide bonds. The standard InChI is InChI=1S/C55H31N3S/c1-2-9-36(10-3-1)53-56-54(58-55(57-53)39-27-28-42-41-14-4-5-18-47(41)59-48(42)31-39)37-24-19-32(20-25-37)40-29-38-26-23-35-12-7-16-44-43-15-6-11-33-21-22-34-13-8-17-45(51(34)49(33)43)46(30-40)52(38)50(35)44/h1-31H. The number of hydrogen-bond donors (Lipinski definition) is 0. The van der Waals surface area contributed by atoms with Crippen LogP contribution in [0, 0.1) is 0 Å². The molecular weight excluding hydrogens is 735 g/mol. The molecule has 0 bridgehead atoms. The first-order chi connectivity index (χ1) is 29.2. The van der Waals surface area contributed by atoms with Crippen LogP contribution >= 0.6 is 11.3 Å². The van der Waals surface area contributed by atoms with E-state index in [1.165, 1.54) is 90.4 Å². The Labute approximate surface area is 342 Å². The van der Waals surface area contributed by atoms with Crippen molar-refractivity contribution < 1.29 is 0 Å². The Morgan fingerprint density at radius 3 is 1.39 bits per heavy atom. The van der Waals surface area contributed by atoms with Gasteiger partial charge in [0, 0.05) is 36.9 Å². The molecular formula is C55H31N3S. The van der Waals surface area contributed by atoms with Crippen molar-refractivity contribution in [3.05, 3.63) is 188 Å². The molecule has 4 heteroatoms. The van der Waals surface area contributed by atoms with Crippen molar-refractivity contribution in [3.63, 3.8) is 0 Å². The predicted octanol–water partition coefficient (Wildman–Crippen LogP) is 15.3. The Morgan fingerprint density at radius 1 is 0.254 bits per heavy atom. The van der Waals surface area contributed by atoms with E-state index >= 15 is 0 Å². The lowest BCUT2D eigenvalue weighted by Crippen LogP contribution is -2.00. The SMILES string of the molecule is c1ccc(-c2nc(-c3ccc(-c4cc5ccc6cccc7c8cccc9ccc%10cccc(c(c4)c5c67)c%10c98)cc3)nc(-c3ccc4c(c3)sc3ccccc34)n2)cc1. The molecule has 272 valence electrons. The summed E-state index contributed by atoms with van der Waals surface area (Å²) in [5.41, 5.74) is 5.18. The number of hydrogen-bond acceptors (Lipinski definition) is 4. The van der Waals surface area contributed by atoms with Crippen molar-refractivity contribution in [3.8, 4) is 45.3 Å². The number of thiophene rings is 1. The van der Waals surface area contributed by atoms with Gasteiger partial charge in [0.2, 0.25) is 0 Å². The third-order valence-electron chi connectivity index (χ3n) is 12.2. The summed E-state index contributed by atoms with van der Waals surface area (Å²) in [7, 11) is 0. The van der Waals surface area contributed by atoms with Gasteiger partial charge in [0.1, 0.15) is 0 Å². The van der Waals surface area contributed by atoms with Gasteiger partial charge < -0.3 is 0 Å². The maximum Gasteiger partial charge on any atom is 0.164 e. The van der Waals surface area contributed by atoms with Crippen molar-refractivity contribution in [2.75, 3.05) is 0 Å². The van der Waals surface area contributed by atoms with E-state index in [0.717, 1.165) is 22.3 Å². The minimum absolute atomic E-state index is 0.649. The number of fused-ring (bicyclic) bond motifs is 5. The van der Waals surface area contributed by atoms with Gasteiger partial charge in [-0.2, -0.15) is 0 Å². The van der Waals surface area contributed by atoms with Crippen LogP contribution < -0.4 is 0 Å². The molecule has 2 heterocycles. The fraction of sp³-hybridized carbons (Fsp3) is 0. The van der Waals surface area contributed by atoms with E-state index in [9.17, 15) is 0 Å². The third kappa shape index (κ3) is 4.97. The number of aromatic nitrogens is 3. The van der Waals surface area contributed by atoms with E-state index in [1.54, 1.807) is 11.3 Å². The van der Waals surface area contributed by atoms with Crippen molar-refractivity contribution in [2.45, 2.75) is 0 Å². The lowest BCUT2D eigenvalue weighted by Gasteiger charge is -2.17. The molecule has 2 aromatic heterocycles. The summed E-state index contributed by atoms with van der Waals surface area (Å²) in [4.78, 5) is 15.2. The van der Waals surface area contributed by atoms with Gasteiger partial charge in [-0.3, -0.25) is 0 Å². The lowest BCUT2D eigenvalue weighted by atomic mass is 9.86. The lowest BCUT2D eigenvalue weighted by molar-refractivity contribution is 1.07. The zero-order chi connectivity index (χ0) is 38.6. The van der Waals surface area contributed by atoms with Crippen molar-refractivity contribution in [1.29, 1.82) is 0 Å². The number of rotatable bonds is 4. The zero-order valence-electron chi connectivity index (χ0n) is 31.6. The first-order valence-corrected chi connectivity index (χ1v) is 20.8. The monoisotopic (exact) mass is 765 g/mol. The average Bonchev–Trinajstić information content (AvgIpc) is 3.68. The van der Waals surface area contributed by atoms with E-state index in [0.29, 0.717) is 17.5 Å². The van der Waals surface area contributed by atoms with E-state index in [-0.39, 0.29) is 0 Å². The Hall–Kier alpha value is -7.53. The third-order valence-corrected chi connectivity index (χ3v) is 13.3. The molecule has 0 atom stereocenters. The fourth-order valence-corrected chi connectivity index (χ4v) is 10.6. The number of benzene rings is 10. The second-order valence-electron chi connectivity index (χ2n) is 15.5. The summed E-state index contributed by atoms with van der Waals surface area (Å²) in [6.07, 6.45) is 0. The molecule has 0 spiro atoms. The van der Waals surface area contributed by atoms with Crippen molar-refractivity contribution in [2.24, 2.45) is 0 Å². The van der Waals surface area contributed by atoms with Crippen LogP contribution in [0.4, 0.5) is 0 Å². The van der Waals surface area contributed by atoms with Gasteiger partial charge in [-0.15, -0.1) is 11.3 Å². The van der Waals surface area contributed by atoms with Gasteiger partial charge in [-0.05, 0) is 100 Å². The minimum Gasteiger partial charge on any atom is -0.208 e. The summed E-state index contributed by atoms with van der Waals surface area (Å²) in [5.74, 6) is 1.97. The Morgan fingerprint density at radius 2 is 0.729 bits per heavy atom. The molecule has 0 aliphatic carbocycles. The molecule has 0 saturated carbocycles. The first-order valence-electron chi connectivity index (χ1n) is 20.0. The Kier molecular flexibility index (Phi) is 6.89. The van der Waals surface area contributed by atoms with Crippen LogP contribution in [0.2, 0.25) is 0 Å². The van der Waals surface area contributed by atoms with Gasteiger partial charge in [0.25, 0.3) is 0 Å². The summed E-state index contributed by atoms with van der Waals surface area (Å²) in [6.45, 7) is 0. The van der Waals surface area contributed by atoms with Gasteiger partial charge >= 0.3 is 0 Å². The van der Waals surface area contributed by atoms with Crippen LogP contribution in [0.1, 0.15) is 0 Å². The van der Waals surface area contributed by atoms with Crippen LogP contribution in [-0.4, -0.2) is 15.0 Å². The molecule has 0 N–H and O–H groups in total. The van der Waals surface area contributed by atoms with E-state index in [2.05, 4.69) is 170 Å². The van der Waals surface area contributed by atoms with Crippen LogP contribution in [0.5, 0.6) is 0 Å². The summed E-state index contributed by atoms with van der Waals surface area (Å²) in [5, 5.41) is 17.9. The van der Waals surface area contributed by atoms with Crippen LogP contribution in [0.15, 0.2) is 188 Å². The van der Waals surface area contributed by atoms with Crippen LogP contribution in [-0.2, 0) is 0 Å². The van der Waals surface area contributed by atoms with Gasteiger partial charge in [-0.1, -0.05) is 164 Å². The van der Waals surface area contributed by atoms with E-state index in [4.69, 9.17) is 15.0 Å². The second-order valence-corrected chi connectivity index (χ2v) is 16.6. The van der Waals surface area contributed by atoms with Crippen molar-refractivity contribution >= 4 is 96.1 Å². The van der Waals surface area contributed by atoms with Gasteiger partial charge in [0.15, 0.2) is 17.5 Å². The molecule has 3 nitrogen and oxygen atoms in total. The fourth-order valence-electron chi connectivity index (χ4n) is 9.48. The van der Waals surface area contributed by atoms with Crippen molar-refractivity contribution in [1.82, 2.24) is 15.0 Å². The highest BCUT2D eigenvalue weighted by molar-refractivity contribution is 7.25. The zero-order valence-corrected chi connectivity index (χ0v) is 32.5. The first kappa shape index (κ1) is 32.5. The molecule has 59 heavy (non-hydrogen) atoms. The summed E-state index contributed by atoms with van der Waals surface area (Å²) in [6, 6.07) is 68.3. The quantitative estimate of drug-likeness (QED) is 0.168. The predicted molar refractivity (Wildman–Crippen MR) is 251 cm³/mol. The highest BCUT2D eigenvalue weighted by Gasteiger charge is 2.18. The highest BCUT2D eigenvalue weighted by Crippen LogP contribution is 2.45. The Balaban J connectivity index is 0.996. The molecule has 0 fully saturated rings. The maximum atomic E-state index is 5.13. The molecule has 0 unspecified atom stereocenters. The molecule has 11 aromatic carbocycles. The maximum absolute atomic E-state index is 5.13. The summed E-state index contributed by atoms with van der Waals surface area (Å²) < 4.78 is 2.50. The second kappa shape index (κ2) is 12.5. The van der Waals surface area contributed by atoms with Crippen LogP contribution in [0.3, 0.4) is 0 Å². The van der Waals surface area contributed by atoms with Gasteiger partial charge in [0.05, 0.1) is 0 Å². The average molecular weight is 766 g/mol. The molecule has 13 rings (SSSR count). The minimum atomic E-state index is 0.649. The smallest absolute Gasteiger partial charge is 0.164 e. The molecule has 0 saturated heterocycles. The molecule has 13 aromatic rings. The molecule has 0 aliphatic heterocycles. The van der Waals surface area contributed by atoms with E-state index < -0.39 is 0 Å². The Bertz CT molecular complexity index is 3820. The molecule has 0 radical (unpaired) electrons. The van der Waals surface area contributed by atoms with E-state index in [1.807, 2.05) is 18.2 Å². The highest BCUT2D eigenvalue weighted by atomic mass is 32.1.